The first-order chi connectivity index (χ1) is 12.5. The van der Waals surface area contributed by atoms with Crippen molar-refractivity contribution in [1.29, 1.82) is 0 Å². The molecular formula is C20H28N4OS. The number of fused-ring (bicyclic) bond motifs is 1. The van der Waals surface area contributed by atoms with Crippen molar-refractivity contribution in [3.05, 3.63) is 48.4 Å². The van der Waals surface area contributed by atoms with E-state index in [0.717, 1.165) is 41.1 Å². The lowest BCUT2D eigenvalue weighted by Crippen LogP contribution is -2.09. The van der Waals surface area contributed by atoms with Gasteiger partial charge in [0, 0.05) is 22.9 Å². The fourth-order valence-corrected chi connectivity index (χ4v) is 3.47. The molecule has 0 radical (unpaired) electrons. The predicted molar refractivity (Wildman–Crippen MR) is 112 cm³/mol. The quantitative estimate of drug-likeness (QED) is 0.616. The lowest BCUT2D eigenvalue weighted by molar-refractivity contribution is 0.0923. The summed E-state index contributed by atoms with van der Waals surface area (Å²) in [5, 5.41) is 1.04. The number of benzene rings is 1. The summed E-state index contributed by atoms with van der Waals surface area (Å²) in [6.45, 7) is 1.94. The third-order valence-corrected chi connectivity index (χ3v) is 5.65. The van der Waals surface area contributed by atoms with Gasteiger partial charge in [0.1, 0.15) is 18.7 Å². The molecule has 0 aliphatic rings. The zero-order valence-corrected chi connectivity index (χ0v) is 16.6. The van der Waals surface area contributed by atoms with Crippen LogP contribution in [0.3, 0.4) is 0 Å². The molecule has 3 aromatic rings. The molecule has 0 bridgehead atoms. The van der Waals surface area contributed by atoms with Crippen LogP contribution >= 0.6 is 10.0 Å². The largest absolute Gasteiger partial charge is 0.360 e. The first kappa shape index (κ1) is 18.9. The van der Waals surface area contributed by atoms with Crippen LogP contribution in [0.1, 0.15) is 5.56 Å². The van der Waals surface area contributed by atoms with Crippen LogP contribution in [0.5, 0.6) is 0 Å². The van der Waals surface area contributed by atoms with E-state index in [4.69, 9.17) is 10.5 Å². The van der Waals surface area contributed by atoms with Crippen LogP contribution in [0.15, 0.2) is 42.9 Å². The Morgan fingerprint density at radius 3 is 2.77 bits per heavy atom. The van der Waals surface area contributed by atoms with Gasteiger partial charge in [0.15, 0.2) is 0 Å². The van der Waals surface area contributed by atoms with Gasteiger partial charge in [-0.05, 0) is 49.4 Å². The van der Waals surface area contributed by atoms with E-state index < -0.39 is 10.0 Å². The lowest BCUT2D eigenvalue weighted by atomic mass is 10.0. The van der Waals surface area contributed by atoms with Gasteiger partial charge in [0.05, 0.1) is 12.3 Å². The van der Waals surface area contributed by atoms with Crippen molar-refractivity contribution in [1.82, 2.24) is 14.5 Å². The van der Waals surface area contributed by atoms with E-state index in [1.165, 1.54) is 5.56 Å². The van der Waals surface area contributed by atoms with Crippen molar-refractivity contribution in [2.45, 2.75) is 13.2 Å². The van der Waals surface area contributed by atoms with E-state index in [1.54, 1.807) is 6.33 Å². The first-order valence-electron chi connectivity index (χ1n) is 8.81. The zero-order chi connectivity index (χ0) is 18.6. The van der Waals surface area contributed by atoms with Gasteiger partial charge in [-0.15, -0.1) is 0 Å². The average molecular weight is 373 g/mol. The Bertz CT molecular complexity index is 870. The summed E-state index contributed by atoms with van der Waals surface area (Å²) < 4.78 is 7.91. The summed E-state index contributed by atoms with van der Waals surface area (Å²) in [7, 11) is -0.528. The van der Waals surface area contributed by atoms with Gasteiger partial charge >= 0.3 is 0 Å². The first-order valence-corrected chi connectivity index (χ1v) is 11.8. The van der Waals surface area contributed by atoms with Crippen LogP contribution in [-0.4, -0.2) is 52.2 Å². The maximum atomic E-state index is 5.87. The van der Waals surface area contributed by atoms with Crippen molar-refractivity contribution >= 4 is 21.1 Å². The summed E-state index contributed by atoms with van der Waals surface area (Å²) in [6, 6.07) is 10.5. The molecule has 2 heterocycles. The predicted octanol–water partition coefficient (Wildman–Crippen LogP) is 3.27. The molecular weight excluding hydrogens is 344 g/mol. The third-order valence-electron chi connectivity index (χ3n) is 4.26. The minimum atomic E-state index is -0.528. The Kier molecular flexibility index (Phi) is 5.96. The van der Waals surface area contributed by atoms with Gasteiger partial charge in [-0.1, -0.05) is 18.2 Å². The molecule has 6 heteroatoms. The van der Waals surface area contributed by atoms with E-state index in [-0.39, 0.29) is 0 Å². The average Bonchev–Trinajstić information content (AvgIpc) is 3.02. The number of hydrogen-bond donors (Lipinski definition) is 1. The summed E-state index contributed by atoms with van der Waals surface area (Å²) in [5.74, 6) is 1.11. The van der Waals surface area contributed by atoms with Crippen molar-refractivity contribution in [2.75, 3.05) is 37.7 Å². The standard InChI is InChI=1S/C20H28N4OS/c1-26(2,3)12-11-25-15-24-10-8-18-19(22-14-23-20(18)24)17-6-4-5-16(13-17)7-9-21/h4-6,8,10,13-14H,7,9,11-12,15,21H2,1-3H3. The summed E-state index contributed by atoms with van der Waals surface area (Å²) in [5.41, 5.74) is 9.86. The molecule has 2 aromatic heterocycles. The Morgan fingerprint density at radius 1 is 1.15 bits per heavy atom. The van der Waals surface area contributed by atoms with E-state index in [0.29, 0.717) is 13.3 Å². The number of aromatic nitrogens is 3. The second-order valence-corrected chi connectivity index (χ2v) is 11.9. The van der Waals surface area contributed by atoms with E-state index in [2.05, 4.69) is 59.1 Å². The molecule has 0 aliphatic heterocycles. The van der Waals surface area contributed by atoms with Crippen LogP contribution in [0.2, 0.25) is 0 Å². The Hall–Kier alpha value is -1.89. The molecule has 5 nitrogen and oxygen atoms in total. The van der Waals surface area contributed by atoms with Gasteiger partial charge in [-0.25, -0.2) is 20.0 Å². The molecule has 0 unspecified atom stereocenters. The molecule has 0 aliphatic carbocycles. The number of ether oxygens (including phenoxy) is 1. The fourth-order valence-electron chi connectivity index (χ4n) is 2.85. The van der Waals surface area contributed by atoms with Crippen molar-refractivity contribution < 1.29 is 4.74 Å². The highest BCUT2D eigenvalue weighted by atomic mass is 32.3. The second kappa shape index (κ2) is 8.20. The molecule has 0 saturated carbocycles. The van der Waals surface area contributed by atoms with Crippen molar-refractivity contribution in [2.24, 2.45) is 5.73 Å². The molecule has 26 heavy (non-hydrogen) atoms. The Balaban J connectivity index is 1.81. The van der Waals surface area contributed by atoms with E-state index in [9.17, 15) is 0 Å². The van der Waals surface area contributed by atoms with Gasteiger partial charge in [0.25, 0.3) is 0 Å². The third kappa shape index (κ3) is 4.63. The second-order valence-electron chi connectivity index (χ2n) is 7.32. The monoisotopic (exact) mass is 372 g/mol. The van der Waals surface area contributed by atoms with Crippen LogP contribution in [-0.2, 0) is 17.9 Å². The lowest BCUT2D eigenvalue weighted by Gasteiger charge is -2.24. The number of nitrogens with two attached hydrogens (primary N) is 1. The van der Waals surface area contributed by atoms with Crippen LogP contribution < -0.4 is 5.73 Å². The zero-order valence-electron chi connectivity index (χ0n) is 15.8. The molecule has 1 aromatic carbocycles. The highest BCUT2D eigenvalue weighted by molar-refractivity contribution is 8.32. The van der Waals surface area contributed by atoms with Gasteiger partial charge in [-0.3, -0.25) is 0 Å². The molecule has 140 valence electrons. The Morgan fingerprint density at radius 2 is 2.00 bits per heavy atom. The molecule has 0 fully saturated rings. The molecule has 0 spiro atoms. The van der Waals surface area contributed by atoms with Crippen LogP contribution in [0.25, 0.3) is 22.3 Å². The van der Waals surface area contributed by atoms with Crippen molar-refractivity contribution in [3.8, 4) is 11.3 Å². The van der Waals surface area contributed by atoms with Gasteiger partial charge < -0.3 is 15.0 Å². The topological polar surface area (TPSA) is 66.0 Å². The summed E-state index contributed by atoms with van der Waals surface area (Å²) >= 11 is 0. The van der Waals surface area contributed by atoms with Gasteiger partial charge in [-0.2, -0.15) is 0 Å². The van der Waals surface area contributed by atoms with Crippen molar-refractivity contribution in [3.63, 3.8) is 0 Å². The number of nitrogens with zero attached hydrogens (tertiary/aromatic N) is 3. The van der Waals surface area contributed by atoms with Crippen LogP contribution in [0, 0.1) is 0 Å². The molecule has 0 saturated heterocycles. The van der Waals surface area contributed by atoms with E-state index in [1.807, 2.05) is 10.8 Å². The smallest absolute Gasteiger partial charge is 0.145 e. The normalized spacial score (nSPS) is 12.6. The molecule has 0 amide bonds. The maximum Gasteiger partial charge on any atom is 0.145 e. The summed E-state index contributed by atoms with van der Waals surface area (Å²) in [4.78, 5) is 9.00. The highest BCUT2D eigenvalue weighted by Gasteiger charge is 2.11. The van der Waals surface area contributed by atoms with Gasteiger partial charge in [0.2, 0.25) is 0 Å². The molecule has 3 rings (SSSR count). The fraction of sp³-hybridized carbons (Fsp3) is 0.400. The molecule has 2 N–H and O–H groups in total. The molecule has 0 atom stereocenters. The minimum absolute atomic E-state index is 0.517. The summed E-state index contributed by atoms with van der Waals surface area (Å²) in [6.07, 6.45) is 11.4. The highest BCUT2D eigenvalue weighted by Crippen LogP contribution is 2.33. The minimum Gasteiger partial charge on any atom is -0.360 e. The van der Waals surface area contributed by atoms with Crippen LogP contribution in [0.4, 0.5) is 0 Å². The number of rotatable bonds is 8. The SMILES string of the molecule is CS(C)(C)CCOCn1ccc2c(-c3cccc(CCN)c3)ncnc21. The number of hydrogen-bond acceptors (Lipinski definition) is 4. The Labute approximate surface area is 156 Å². The maximum absolute atomic E-state index is 5.87. The van der Waals surface area contributed by atoms with E-state index >= 15 is 0 Å².